The highest BCUT2D eigenvalue weighted by Gasteiger charge is 2.67. The first kappa shape index (κ1) is 8.52. The highest BCUT2D eigenvalue weighted by Crippen LogP contribution is 2.59. The predicted molar refractivity (Wildman–Crippen MR) is 52.6 cm³/mol. The van der Waals surface area contributed by atoms with E-state index in [9.17, 15) is 0 Å². The van der Waals surface area contributed by atoms with E-state index in [1.165, 1.54) is 0 Å². The van der Waals surface area contributed by atoms with Crippen molar-refractivity contribution in [2.45, 2.75) is 47.5 Å². The SMILES string of the molecule is CC12CC(Br)C(Br)CC1(C)O2. The molecule has 0 spiro atoms. The highest BCUT2D eigenvalue weighted by molar-refractivity contribution is 9.12. The number of ether oxygens (including phenoxy) is 1. The third-order valence-corrected chi connectivity index (χ3v) is 5.72. The van der Waals surface area contributed by atoms with Crippen LogP contribution in [0.2, 0.25) is 0 Å². The number of halogens is 2. The molecule has 0 amide bonds. The Morgan fingerprint density at radius 1 is 1.09 bits per heavy atom. The number of rotatable bonds is 0. The van der Waals surface area contributed by atoms with Gasteiger partial charge in [0.1, 0.15) is 0 Å². The minimum atomic E-state index is 0.158. The van der Waals surface area contributed by atoms with E-state index in [1.54, 1.807) is 0 Å². The maximum Gasteiger partial charge on any atom is 0.0960 e. The quantitative estimate of drug-likeness (QED) is 0.492. The lowest BCUT2D eigenvalue weighted by Crippen LogP contribution is -2.36. The van der Waals surface area contributed by atoms with Gasteiger partial charge in [-0.15, -0.1) is 0 Å². The first-order chi connectivity index (χ1) is 4.97. The molecule has 0 aromatic rings. The highest BCUT2D eigenvalue weighted by atomic mass is 79.9. The topological polar surface area (TPSA) is 12.5 Å². The second kappa shape index (κ2) is 2.24. The van der Waals surface area contributed by atoms with Gasteiger partial charge in [-0.05, 0) is 26.7 Å². The lowest BCUT2D eigenvalue weighted by molar-refractivity contribution is 0.280. The van der Waals surface area contributed by atoms with Crippen LogP contribution in [0.4, 0.5) is 0 Å². The van der Waals surface area contributed by atoms with Crippen molar-refractivity contribution in [2.24, 2.45) is 0 Å². The van der Waals surface area contributed by atoms with E-state index in [0.717, 1.165) is 12.8 Å². The number of alkyl halides is 2. The maximum atomic E-state index is 5.73. The average molecular weight is 284 g/mol. The Balaban J connectivity index is 2.15. The van der Waals surface area contributed by atoms with Crippen molar-refractivity contribution < 1.29 is 4.74 Å². The zero-order valence-electron chi connectivity index (χ0n) is 6.73. The number of hydrogen-bond acceptors (Lipinski definition) is 1. The minimum Gasteiger partial charge on any atom is -0.363 e. The molecular formula is C8H12Br2O. The molecule has 0 radical (unpaired) electrons. The van der Waals surface area contributed by atoms with Crippen molar-refractivity contribution in [1.29, 1.82) is 0 Å². The Labute approximate surface area is 84.1 Å². The monoisotopic (exact) mass is 282 g/mol. The van der Waals surface area contributed by atoms with Crippen LogP contribution in [-0.4, -0.2) is 20.9 Å². The molecular weight excluding hydrogens is 272 g/mol. The number of fused-ring (bicyclic) bond motifs is 1. The van der Waals surface area contributed by atoms with Crippen LogP contribution >= 0.6 is 31.9 Å². The molecule has 0 N–H and O–H groups in total. The third kappa shape index (κ3) is 1.11. The molecule has 1 heterocycles. The van der Waals surface area contributed by atoms with Crippen LogP contribution < -0.4 is 0 Å². The van der Waals surface area contributed by atoms with Crippen molar-refractivity contribution >= 4 is 31.9 Å². The van der Waals surface area contributed by atoms with Crippen molar-refractivity contribution in [1.82, 2.24) is 0 Å². The van der Waals surface area contributed by atoms with E-state index in [1.807, 2.05) is 0 Å². The average Bonchev–Trinajstić information content (AvgIpc) is 2.33. The summed E-state index contributed by atoms with van der Waals surface area (Å²) in [7, 11) is 0. The van der Waals surface area contributed by atoms with Crippen LogP contribution in [0.3, 0.4) is 0 Å². The summed E-state index contributed by atoms with van der Waals surface area (Å²) < 4.78 is 5.73. The summed E-state index contributed by atoms with van der Waals surface area (Å²) in [5.41, 5.74) is 0.316. The van der Waals surface area contributed by atoms with Crippen LogP contribution in [0.5, 0.6) is 0 Å². The fraction of sp³-hybridized carbons (Fsp3) is 1.00. The van der Waals surface area contributed by atoms with Gasteiger partial charge >= 0.3 is 0 Å². The lowest BCUT2D eigenvalue weighted by atomic mass is 9.82. The smallest absolute Gasteiger partial charge is 0.0960 e. The molecule has 1 aliphatic carbocycles. The fourth-order valence-corrected chi connectivity index (χ4v) is 3.60. The molecule has 4 atom stereocenters. The van der Waals surface area contributed by atoms with Gasteiger partial charge < -0.3 is 4.74 Å². The molecule has 1 nitrogen and oxygen atoms in total. The summed E-state index contributed by atoms with van der Waals surface area (Å²) in [5.74, 6) is 0. The van der Waals surface area contributed by atoms with Crippen LogP contribution in [0, 0.1) is 0 Å². The maximum absolute atomic E-state index is 5.73. The Hall–Kier alpha value is 0.920. The molecule has 1 saturated carbocycles. The van der Waals surface area contributed by atoms with Gasteiger partial charge in [0, 0.05) is 9.65 Å². The number of hydrogen-bond donors (Lipinski definition) is 0. The Kier molecular flexibility index (Phi) is 1.73. The molecule has 2 aliphatic rings. The third-order valence-electron chi connectivity index (χ3n) is 3.09. The molecule has 3 heteroatoms. The van der Waals surface area contributed by atoms with Crippen LogP contribution in [0.1, 0.15) is 26.7 Å². The molecule has 0 bridgehead atoms. The lowest BCUT2D eigenvalue weighted by Gasteiger charge is -2.27. The molecule has 4 unspecified atom stereocenters. The molecule has 0 aromatic heterocycles. The van der Waals surface area contributed by atoms with Crippen molar-refractivity contribution in [3.8, 4) is 0 Å². The van der Waals surface area contributed by atoms with Crippen LogP contribution in [-0.2, 0) is 4.74 Å². The summed E-state index contributed by atoms with van der Waals surface area (Å²) in [5, 5.41) is 0. The largest absolute Gasteiger partial charge is 0.363 e. The molecule has 1 aliphatic heterocycles. The summed E-state index contributed by atoms with van der Waals surface area (Å²) >= 11 is 7.31. The number of epoxide rings is 1. The zero-order chi connectivity index (χ0) is 8.28. The second-order valence-electron chi connectivity index (χ2n) is 4.00. The van der Waals surface area contributed by atoms with Gasteiger partial charge in [0.25, 0.3) is 0 Å². The van der Waals surface area contributed by atoms with Crippen LogP contribution in [0.25, 0.3) is 0 Å². The van der Waals surface area contributed by atoms with Crippen molar-refractivity contribution in [3.63, 3.8) is 0 Å². The van der Waals surface area contributed by atoms with E-state index in [0.29, 0.717) is 9.65 Å². The van der Waals surface area contributed by atoms with E-state index < -0.39 is 0 Å². The van der Waals surface area contributed by atoms with Crippen LogP contribution in [0.15, 0.2) is 0 Å². The Morgan fingerprint density at radius 2 is 1.45 bits per heavy atom. The summed E-state index contributed by atoms with van der Waals surface area (Å²) in [6, 6.07) is 0. The zero-order valence-corrected chi connectivity index (χ0v) is 9.91. The molecule has 0 aromatic carbocycles. The fourth-order valence-electron chi connectivity index (χ4n) is 1.99. The second-order valence-corrected chi connectivity index (χ2v) is 6.36. The first-order valence-corrected chi connectivity index (χ1v) is 5.78. The first-order valence-electron chi connectivity index (χ1n) is 3.95. The van der Waals surface area contributed by atoms with E-state index in [2.05, 4.69) is 45.7 Å². The van der Waals surface area contributed by atoms with Gasteiger partial charge in [0.15, 0.2) is 0 Å². The molecule has 64 valence electrons. The normalized spacial score (nSPS) is 62.2. The predicted octanol–water partition coefficient (Wildman–Crippen LogP) is 2.85. The van der Waals surface area contributed by atoms with Gasteiger partial charge in [0.05, 0.1) is 11.2 Å². The Morgan fingerprint density at radius 3 is 1.82 bits per heavy atom. The van der Waals surface area contributed by atoms with Gasteiger partial charge in [-0.25, -0.2) is 0 Å². The molecule has 1 saturated heterocycles. The van der Waals surface area contributed by atoms with Gasteiger partial charge in [-0.1, -0.05) is 31.9 Å². The molecule has 2 fully saturated rings. The molecule has 2 rings (SSSR count). The van der Waals surface area contributed by atoms with Crippen molar-refractivity contribution in [2.75, 3.05) is 0 Å². The van der Waals surface area contributed by atoms with Gasteiger partial charge in [0.2, 0.25) is 0 Å². The molecule has 11 heavy (non-hydrogen) atoms. The van der Waals surface area contributed by atoms with E-state index in [-0.39, 0.29) is 11.2 Å². The van der Waals surface area contributed by atoms with Crippen molar-refractivity contribution in [3.05, 3.63) is 0 Å². The van der Waals surface area contributed by atoms with E-state index >= 15 is 0 Å². The summed E-state index contributed by atoms with van der Waals surface area (Å²) in [4.78, 5) is 1.14. The van der Waals surface area contributed by atoms with Gasteiger partial charge in [-0.2, -0.15) is 0 Å². The summed E-state index contributed by atoms with van der Waals surface area (Å²) in [6.07, 6.45) is 2.25. The standard InChI is InChI=1S/C8H12Br2O/c1-7-3-5(9)6(10)4-8(7,2)11-7/h5-6H,3-4H2,1-2H3. The van der Waals surface area contributed by atoms with E-state index in [4.69, 9.17) is 4.74 Å². The minimum absolute atomic E-state index is 0.158. The Bertz CT molecular complexity index is 177. The van der Waals surface area contributed by atoms with Gasteiger partial charge in [-0.3, -0.25) is 0 Å². The summed E-state index contributed by atoms with van der Waals surface area (Å²) in [6.45, 7) is 4.42.